The monoisotopic (exact) mass is 281 g/mol. The molecule has 1 aromatic heterocycles. The molecule has 0 spiro atoms. The number of morpholine rings is 1. The zero-order chi connectivity index (χ0) is 13.2. The van der Waals surface area contributed by atoms with Crippen LogP contribution in [-0.4, -0.2) is 37.8 Å². The third kappa shape index (κ3) is 2.78. The predicted molar refractivity (Wildman–Crippen MR) is 79.1 cm³/mol. The summed E-state index contributed by atoms with van der Waals surface area (Å²) < 4.78 is 5.59. The molecule has 1 saturated heterocycles. The summed E-state index contributed by atoms with van der Waals surface area (Å²) in [6, 6.07) is 0.495. The summed E-state index contributed by atoms with van der Waals surface area (Å²) in [4.78, 5) is 8.85. The van der Waals surface area contributed by atoms with E-state index in [9.17, 15) is 0 Å². The maximum Gasteiger partial charge on any atom is 0.186 e. The summed E-state index contributed by atoms with van der Waals surface area (Å²) in [5.74, 6) is 0.731. The molecule has 1 atom stereocenters. The summed E-state index contributed by atoms with van der Waals surface area (Å²) in [7, 11) is 2.01. The van der Waals surface area contributed by atoms with E-state index in [-0.39, 0.29) is 0 Å². The standard InChI is InChI=1S/C14H23N3OS/c1-3-11-9-18-7-6-17(11)14-16-13(10-4-5-10)12(19-14)8-15-2/h10-11,15H,3-9H2,1-2H3. The summed E-state index contributed by atoms with van der Waals surface area (Å²) in [6.45, 7) is 5.84. The van der Waals surface area contributed by atoms with Gasteiger partial charge >= 0.3 is 0 Å². The molecule has 19 heavy (non-hydrogen) atoms. The fourth-order valence-electron chi connectivity index (χ4n) is 2.68. The first-order valence-electron chi connectivity index (χ1n) is 7.32. The summed E-state index contributed by atoms with van der Waals surface area (Å²) in [6.07, 6.45) is 3.76. The van der Waals surface area contributed by atoms with Gasteiger partial charge in [-0.2, -0.15) is 0 Å². The highest BCUT2D eigenvalue weighted by Crippen LogP contribution is 2.44. The van der Waals surface area contributed by atoms with E-state index in [0.29, 0.717) is 6.04 Å². The Morgan fingerprint density at radius 1 is 1.47 bits per heavy atom. The van der Waals surface area contributed by atoms with Crippen LogP contribution in [0, 0.1) is 0 Å². The van der Waals surface area contributed by atoms with E-state index < -0.39 is 0 Å². The Hall–Kier alpha value is -0.650. The number of aromatic nitrogens is 1. The second-order valence-corrected chi connectivity index (χ2v) is 6.50. The van der Waals surface area contributed by atoms with Crippen LogP contribution in [0.1, 0.15) is 42.7 Å². The second-order valence-electron chi connectivity index (χ2n) is 5.44. The molecule has 0 bridgehead atoms. The van der Waals surface area contributed by atoms with Crippen molar-refractivity contribution in [2.24, 2.45) is 0 Å². The number of hydrogen-bond acceptors (Lipinski definition) is 5. The maximum absolute atomic E-state index is 5.59. The van der Waals surface area contributed by atoms with Gasteiger partial charge in [0.2, 0.25) is 0 Å². The largest absolute Gasteiger partial charge is 0.377 e. The van der Waals surface area contributed by atoms with Gasteiger partial charge in [-0.1, -0.05) is 6.92 Å². The minimum Gasteiger partial charge on any atom is -0.377 e. The number of rotatable bonds is 5. The maximum atomic E-state index is 5.59. The summed E-state index contributed by atoms with van der Waals surface area (Å²) >= 11 is 1.87. The Morgan fingerprint density at radius 3 is 3.00 bits per heavy atom. The lowest BCUT2D eigenvalue weighted by molar-refractivity contribution is 0.0929. The zero-order valence-corrected chi connectivity index (χ0v) is 12.6. The van der Waals surface area contributed by atoms with Gasteiger partial charge in [0.15, 0.2) is 5.13 Å². The Labute approximate surface area is 119 Å². The highest BCUT2D eigenvalue weighted by Gasteiger charge is 2.32. The topological polar surface area (TPSA) is 37.4 Å². The first-order chi connectivity index (χ1) is 9.33. The Balaban J connectivity index is 1.84. The number of anilines is 1. The fourth-order valence-corrected chi connectivity index (χ4v) is 3.94. The van der Waals surface area contributed by atoms with Gasteiger partial charge in [0.25, 0.3) is 0 Å². The van der Waals surface area contributed by atoms with Crippen molar-refractivity contribution in [3.8, 4) is 0 Å². The van der Waals surface area contributed by atoms with E-state index in [0.717, 1.165) is 38.6 Å². The first kappa shape index (κ1) is 13.3. The summed E-state index contributed by atoms with van der Waals surface area (Å²) in [5.41, 5.74) is 1.36. The minimum absolute atomic E-state index is 0.495. The molecule has 1 aliphatic carbocycles. The lowest BCUT2D eigenvalue weighted by Crippen LogP contribution is -2.45. The molecule has 0 radical (unpaired) electrons. The van der Waals surface area contributed by atoms with Crippen LogP contribution in [0.4, 0.5) is 5.13 Å². The molecule has 0 aromatic carbocycles. The van der Waals surface area contributed by atoms with Gasteiger partial charge < -0.3 is 15.0 Å². The molecular weight excluding hydrogens is 258 g/mol. The predicted octanol–water partition coefficient (Wildman–Crippen LogP) is 2.36. The van der Waals surface area contributed by atoms with E-state index in [1.807, 2.05) is 18.4 Å². The fraction of sp³-hybridized carbons (Fsp3) is 0.786. The van der Waals surface area contributed by atoms with E-state index in [1.54, 1.807) is 0 Å². The normalized spacial score (nSPS) is 23.9. The van der Waals surface area contributed by atoms with E-state index >= 15 is 0 Å². The lowest BCUT2D eigenvalue weighted by atomic mass is 10.2. The van der Waals surface area contributed by atoms with E-state index in [1.165, 1.54) is 28.5 Å². The van der Waals surface area contributed by atoms with Gasteiger partial charge in [-0.15, -0.1) is 11.3 Å². The van der Waals surface area contributed by atoms with Crippen LogP contribution in [0.3, 0.4) is 0 Å². The second kappa shape index (κ2) is 5.77. The average Bonchev–Trinajstić information content (AvgIpc) is 3.21. The van der Waals surface area contributed by atoms with Crippen molar-refractivity contribution in [2.45, 2.75) is 44.7 Å². The quantitative estimate of drug-likeness (QED) is 0.899. The van der Waals surface area contributed by atoms with Crippen molar-refractivity contribution in [1.29, 1.82) is 0 Å². The Morgan fingerprint density at radius 2 is 2.32 bits per heavy atom. The van der Waals surface area contributed by atoms with Crippen LogP contribution >= 0.6 is 11.3 Å². The molecule has 1 saturated carbocycles. The molecule has 3 rings (SSSR count). The number of ether oxygens (including phenoxy) is 1. The van der Waals surface area contributed by atoms with Crippen molar-refractivity contribution in [3.05, 3.63) is 10.6 Å². The molecule has 5 heteroatoms. The SMILES string of the molecule is CCC1COCCN1c1nc(C2CC2)c(CNC)s1. The van der Waals surface area contributed by atoms with Crippen LogP contribution < -0.4 is 10.2 Å². The van der Waals surface area contributed by atoms with Crippen LogP contribution in [0.15, 0.2) is 0 Å². The number of nitrogens with zero attached hydrogens (tertiary/aromatic N) is 2. The Kier molecular flexibility index (Phi) is 4.05. The molecule has 1 unspecified atom stereocenters. The highest BCUT2D eigenvalue weighted by molar-refractivity contribution is 7.15. The molecule has 106 valence electrons. The average molecular weight is 281 g/mol. The molecule has 4 nitrogen and oxygen atoms in total. The first-order valence-corrected chi connectivity index (χ1v) is 8.13. The third-order valence-electron chi connectivity index (χ3n) is 3.96. The molecule has 0 amide bonds. The van der Waals surface area contributed by atoms with Gasteiger partial charge in [0, 0.05) is 23.9 Å². The van der Waals surface area contributed by atoms with E-state index in [2.05, 4.69) is 17.1 Å². The smallest absolute Gasteiger partial charge is 0.186 e. The van der Waals surface area contributed by atoms with Crippen molar-refractivity contribution in [2.75, 3.05) is 31.7 Å². The molecule has 2 aliphatic rings. The number of hydrogen-bond donors (Lipinski definition) is 1. The molecule has 2 heterocycles. The van der Waals surface area contributed by atoms with Gasteiger partial charge in [-0.05, 0) is 26.3 Å². The number of nitrogens with one attached hydrogen (secondary N) is 1. The van der Waals surface area contributed by atoms with Crippen LogP contribution in [0.2, 0.25) is 0 Å². The van der Waals surface area contributed by atoms with E-state index in [4.69, 9.17) is 9.72 Å². The molecule has 2 fully saturated rings. The molecule has 1 aliphatic heterocycles. The van der Waals surface area contributed by atoms with Crippen LogP contribution in [0.5, 0.6) is 0 Å². The molecule has 1 aromatic rings. The number of thiazole rings is 1. The Bertz CT molecular complexity index is 430. The van der Waals surface area contributed by atoms with Crippen LogP contribution in [0.25, 0.3) is 0 Å². The van der Waals surface area contributed by atoms with Crippen molar-refractivity contribution >= 4 is 16.5 Å². The van der Waals surface area contributed by atoms with Gasteiger partial charge in [0.05, 0.1) is 24.9 Å². The van der Waals surface area contributed by atoms with Gasteiger partial charge in [-0.3, -0.25) is 0 Å². The van der Waals surface area contributed by atoms with Gasteiger partial charge in [0.1, 0.15) is 0 Å². The van der Waals surface area contributed by atoms with Crippen molar-refractivity contribution in [1.82, 2.24) is 10.3 Å². The third-order valence-corrected chi connectivity index (χ3v) is 5.07. The minimum atomic E-state index is 0.495. The molecule has 1 N–H and O–H groups in total. The van der Waals surface area contributed by atoms with Gasteiger partial charge in [-0.25, -0.2) is 4.98 Å². The zero-order valence-electron chi connectivity index (χ0n) is 11.8. The van der Waals surface area contributed by atoms with Crippen molar-refractivity contribution in [3.63, 3.8) is 0 Å². The van der Waals surface area contributed by atoms with Crippen molar-refractivity contribution < 1.29 is 4.74 Å². The van der Waals surface area contributed by atoms with Crippen LogP contribution in [-0.2, 0) is 11.3 Å². The lowest BCUT2D eigenvalue weighted by Gasteiger charge is -2.34. The summed E-state index contributed by atoms with van der Waals surface area (Å²) in [5, 5.41) is 4.49. The highest BCUT2D eigenvalue weighted by atomic mass is 32.1. The molecular formula is C14H23N3OS.